The summed E-state index contributed by atoms with van der Waals surface area (Å²) in [6.07, 6.45) is 8.56. The Hall–Kier alpha value is -1.75. The van der Waals surface area contributed by atoms with Gasteiger partial charge in [-0.05, 0) is 69.3 Å². The van der Waals surface area contributed by atoms with Gasteiger partial charge in [0.15, 0.2) is 11.5 Å². The largest absolute Gasteiger partial charge is 0.490 e. The summed E-state index contributed by atoms with van der Waals surface area (Å²) in [6.45, 7) is 4.16. The summed E-state index contributed by atoms with van der Waals surface area (Å²) in [5, 5.41) is 3.96. The summed E-state index contributed by atoms with van der Waals surface area (Å²) in [5.41, 5.74) is 3.08. The van der Waals surface area contributed by atoms with E-state index in [1.165, 1.54) is 31.7 Å². The Labute approximate surface area is 190 Å². The number of rotatable bonds is 10. The van der Waals surface area contributed by atoms with Crippen LogP contribution >= 0.6 is 24.0 Å². The topological polar surface area (TPSA) is 30.5 Å². The van der Waals surface area contributed by atoms with E-state index in [0.29, 0.717) is 35.2 Å². The molecule has 0 saturated carbocycles. The molecule has 0 unspecified atom stereocenters. The molecule has 0 aromatic heterocycles. The van der Waals surface area contributed by atoms with Crippen LogP contribution < -0.4 is 14.8 Å². The Morgan fingerprint density at radius 3 is 2.70 bits per heavy atom. The molecule has 1 N–H and O–H groups in total. The van der Waals surface area contributed by atoms with Gasteiger partial charge in [0.05, 0.1) is 11.6 Å². The maximum atomic E-state index is 13.9. The second-order valence-corrected chi connectivity index (χ2v) is 7.66. The molecule has 3 rings (SSSR count). The molecule has 0 atom stereocenters. The lowest BCUT2D eigenvalue weighted by Crippen LogP contribution is -2.16. The first-order valence-electron chi connectivity index (χ1n) is 10.4. The first kappa shape index (κ1) is 24.5. The number of hydrogen-bond donors (Lipinski definition) is 1. The van der Waals surface area contributed by atoms with E-state index in [1.807, 2.05) is 19.1 Å². The van der Waals surface area contributed by atoms with Crippen LogP contribution in [0.4, 0.5) is 4.39 Å². The lowest BCUT2D eigenvalue weighted by molar-refractivity contribution is 0.266. The predicted molar refractivity (Wildman–Crippen MR) is 123 cm³/mol. The number of halogens is 3. The van der Waals surface area contributed by atoms with Crippen LogP contribution in [0, 0.1) is 5.82 Å². The van der Waals surface area contributed by atoms with Crippen LogP contribution in [0.15, 0.2) is 48.0 Å². The normalized spacial score (nSPS) is 13.4. The average Bonchev–Trinajstić information content (AvgIpc) is 2.73. The van der Waals surface area contributed by atoms with E-state index in [1.54, 1.807) is 23.8 Å². The first-order valence-corrected chi connectivity index (χ1v) is 10.7. The third kappa shape index (κ3) is 7.19. The van der Waals surface area contributed by atoms with Gasteiger partial charge in [-0.2, -0.15) is 0 Å². The van der Waals surface area contributed by atoms with Gasteiger partial charge in [0.1, 0.15) is 12.4 Å². The molecule has 0 saturated heterocycles. The van der Waals surface area contributed by atoms with Gasteiger partial charge in [-0.3, -0.25) is 0 Å². The van der Waals surface area contributed by atoms with Crippen molar-refractivity contribution in [3.8, 4) is 11.5 Å². The Morgan fingerprint density at radius 2 is 1.97 bits per heavy atom. The van der Waals surface area contributed by atoms with Crippen LogP contribution in [-0.4, -0.2) is 13.2 Å². The molecule has 2 aromatic rings. The van der Waals surface area contributed by atoms with Crippen LogP contribution in [-0.2, 0) is 13.2 Å². The van der Waals surface area contributed by atoms with Crippen LogP contribution in [0.3, 0.4) is 0 Å². The molecule has 30 heavy (non-hydrogen) atoms. The van der Waals surface area contributed by atoms with Crippen molar-refractivity contribution in [1.82, 2.24) is 5.32 Å². The molecule has 1 aliphatic carbocycles. The van der Waals surface area contributed by atoms with E-state index in [0.717, 1.165) is 18.5 Å². The number of hydrogen-bond acceptors (Lipinski definition) is 3. The maximum absolute atomic E-state index is 13.9. The zero-order valence-electron chi connectivity index (χ0n) is 17.4. The molecule has 1 aliphatic rings. The molecule has 0 heterocycles. The fourth-order valence-electron chi connectivity index (χ4n) is 3.51. The van der Waals surface area contributed by atoms with Crippen molar-refractivity contribution in [2.45, 2.75) is 52.2 Å². The zero-order chi connectivity index (χ0) is 20.5. The minimum Gasteiger partial charge on any atom is -0.490 e. The summed E-state index contributed by atoms with van der Waals surface area (Å²) in [6, 6.07) is 10.4. The maximum Gasteiger partial charge on any atom is 0.180 e. The van der Waals surface area contributed by atoms with E-state index in [-0.39, 0.29) is 24.8 Å². The van der Waals surface area contributed by atoms with Gasteiger partial charge in [-0.25, -0.2) is 4.39 Å². The molecule has 0 bridgehead atoms. The quantitative estimate of drug-likeness (QED) is 0.314. The standard InChI is InChI=1S/C24H29ClFNO2.ClH/c1-2-28-23-15-19(16-27-13-12-18-8-4-3-5-9-18)14-21(25)24(23)29-17-20-10-6-7-11-22(20)26;/h6-8,10-11,14-15,27H,2-5,9,12-13,16-17H2,1H3;1H. The van der Waals surface area contributed by atoms with Crippen molar-refractivity contribution in [2.75, 3.05) is 13.2 Å². The number of benzene rings is 2. The molecule has 0 aliphatic heterocycles. The van der Waals surface area contributed by atoms with Gasteiger partial charge >= 0.3 is 0 Å². The van der Waals surface area contributed by atoms with Gasteiger partial charge in [-0.15, -0.1) is 12.4 Å². The van der Waals surface area contributed by atoms with Crippen LogP contribution in [0.2, 0.25) is 5.02 Å². The first-order chi connectivity index (χ1) is 14.2. The molecule has 164 valence electrons. The fraction of sp³-hybridized carbons (Fsp3) is 0.417. The van der Waals surface area contributed by atoms with Crippen LogP contribution in [0.1, 0.15) is 50.2 Å². The highest BCUT2D eigenvalue weighted by molar-refractivity contribution is 6.32. The highest BCUT2D eigenvalue weighted by atomic mass is 35.5. The Bertz CT molecular complexity index is 842. The number of ether oxygens (including phenoxy) is 2. The summed E-state index contributed by atoms with van der Waals surface area (Å²) >= 11 is 6.48. The average molecular weight is 454 g/mol. The van der Waals surface area contributed by atoms with Crippen molar-refractivity contribution >= 4 is 24.0 Å². The Kier molecular flexibility index (Phi) is 10.5. The lowest BCUT2D eigenvalue weighted by Gasteiger charge is -2.16. The minimum absolute atomic E-state index is 0. The Morgan fingerprint density at radius 1 is 1.13 bits per heavy atom. The van der Waals surface area contributed by atoms with Gasteiger partial charge < -0.3 is 14.8 Å². The third-order valence-electron chi connectivity index (χ3n) is 5.04. The lowest BCUT2D eigenvalue weighted by atomic mass is 9.97. The molecule has 0 fully saturated rings. The molecular weight excluding hydrogens is 424 g/mol. The SMILES string of the molecule is CCOc1cc(CNCCC2=CCCCC2)cc(Cl)c1OCc1ccccc1F.Cl. The molecule has 0 spiro atoms. The second kappa shape index (κ2) is 12.8. The molecule has 0 radical (unpaired) electrons. The molecular formula is C24H30Cl2FNO2. The summed E-state index contributed by atoms with van der Waals surface area (Å²) in [4.78, 5) is 0. The minimum atomic E-state index is -0.296. The predicted octanol–water partition coefficient (Wildman–Crippen LogP) is 6.86. The van der Waals surface area contributed by atoms with Gasteiger partial charge in [0.25, 0.3) is 0 Å². The zero-order valence-corrected chi connectivity index (χ0v) is 19.0. The van der Waals surface area contributed by atoms with E-state index >= 15 is 0 Å². The highest BCUT2D eigenvalue weighted by Gasteiger charge is 2.14. The van der Waals surface area contributed by atoms with E-state index < -0.39 is 0 Å². The summed E-state index contributed by atoms with van der Waals surface area (Å²) < 4.78 is 25.4. The van der Waals surface area contributed by atoms with Crippen LogP contribution in [0.5, 0.6) is 11.5 Å². The van der Waals surface area contributed by atoms with E-state index in [2.05, 4.69) is 11.4 Å². The van der Waals surface area contributed by atoms with Gasteiger partial charge in [-0.1, -0.05) is 41.4 Å². The number of nitrogens with one attached hydrogen (secondary N) is 1. The smallest absolute Gasteiger partial charge is 0.180 e. The van der Waals surface area contributed by atoms with E-state index in [9.17, 15) is 4.39 Å². The van der Waals surface area contributed by atoms with Crippen molar-refractivity contribution in [1.29, 1.82) is 0 Å². The van der Waals surface area contributed by atoms with Crippen molar-refractivity contribution in [3.63, 3.8) is 0 Å². The molecule has 0 amide bonds. The van der Waals surface area contributed by atoms with Crippen molar-refractivity contribution < 1.29 is 13.9 Å². The van der Waals surface area contributed by atoms with Gasteiger partial charge in [0, 0.05) is 12.1 Å². The third-order valence-corrected chi connectivity index (χ3v) is 5.32. The van der Waals surface area contributed by atoms with Crippen LogP contribution in [0.25, 0.3) is 0 Å². The number of allylic oxidation sites excluding steroid dienone is 1. The van der Waals surface area contributed by atoms with Crippen molar-refractivity contribution in [3.05, 3.63) is 70.0 Å². The highest BCUT2D eigenvalue weighted by Crippen LogP contribution is 2.37. The monoisotopic (exact) mass is 453 g/mol. The van der Waals surface area contributed by atoms with Gasteiger partial charge in [0.2, 0.25) is 0 Å². The Balaban J connectivity index is 0.00000320. The van der Waals surface area contributed by atoms with E-state index in [4.69, 9.17) is 21.1 Å². The molecule has 3 nitrogen and oxygen atoms in total. The molecule has 6 heteroatoms. The fourth-order valence-corrected chi connectivity index (χ4v) is 3.79. The van der Waals surface area contributed by atoms with Crippen molar-refractivity contribution in [2.24, 2.45) is 0 Å². The summed E-state index contributed by atoms with van der Waals surface area (Å²) in [7, 11) is 0. The summed E-state index contributed by atoms with van der Waals surface area (Å²) in [5.74, 6) is 0.742. The molecule has 2 aromatic carbocycles. The second-order valence-electron chi connectivity index (χ2n) is 7.25.